The van der Waals surface area contributed by atoms with Crippen molar-refractivity contribution in [2.24, 2.45) is 0 Å². The first-order chi connectivity index (χ1) is 11.3. The minimum Gasteiger partial charge on any atom is -0.495 e. The van der Waals surface area contributed by atoms with Gasteiger partial charge >= 0.3 is 0 Å². The number of nitrogen functional groups attached to an aromatic ring is 1. The molecule has 1 amide bonds. The Morgan fingerprint density at radius 2 is 2.08 bits per heavy atom. The van der Waals surface area contributed by atoms with Gasteiger partial charge in [-0.15, -0.1) is 10.2 Å². The minimum atomic E-state index is -0.405. The van der Waals surface area contributed by atoms with E-state index in [0.717, 1.165) is 0 Å². The Hall–Kier alpha value is -1.93. The van der Waals surface area contributed by atoms with Crippen molar-refractivity contribution in [3.63, 3.8) is 0 Å². The third-order valence-corrected chi connectivity index (χ3v) is 4.63. The molecule has 0 aliphatic rings. The van der Waals surface area contributed by atoms with Crippen molar-refractivity contribution in [1.29, 1.82) is 0 Å². The summed E-state index contributed by atoms with van der Waals surface area (Å²) in [6.07, 6.45) is 0. The highest BCUT2D eigenvalue weighted by molar-refractivity contribution is 8.00. The van der Waals surface area contributed by atoms with Gasteiger partial charge in [0.25, 0.3) is 0 Å². The van der Waals surface area contributed by atoms with Crippen molar-refractivity contribution in [2.45, 2.75) is 37.1 Å². The van der Waals surface area contributed by atoms with Gasteiger partial charge in [0.05, 0.1) is 17.4 Å². The summed E-state index contributed by atoms with van der Waals surface area (Å²) < 4.78 is 6.51. The van der Waals surface area contributed by atoms with Crippen molar-refractivity contribution < 1.29 is 9.53 Å². The predicted octanol–water partition coefficient (Wildman–Crippen LogP) is 2.90. The molecule has 1 atom stereocenters. The first-order valence-electron chi connectivity index (χ1n) is 7.35. The van der Waals surface area contributed by atoms with E-state index in [0.29, 0.717) is 27.4 Å². The van der Waals surface area contributed by atoms with Gasteiger partial charge < -0.3 is 15.9 Å². The fraction of sp³-hybridized carbons (Fsp3) is 0.400. The van der Waals surface area contributed by atoms with E-state index < -0.39 is 5.25 Å². The average molecular weight is 370 g/mol. The summed E-state index contributed by atoms with van der Waals surface area (Å²) >= 11 is 7.30. The molecular weight excluding hydrogens is 350 g/mol. The molecule has 2 rings (SSSR count). The molecule has 1 aromatic carbocycles. The summed E-state index contributed by atoms with van der Waals surface area (Å²) in [4.78, 5) is 12.3. The first-order valence-corrected chi connectivity index (χ1v) is 8.60. The van der Waals surface area contributed by atoms with E-state index in [2.05, 4.69) is 15.5 Å². The topological polar surface area (TPSA) is 95.1 Å². The number of carbonyl (C=O) groups is 1. The lowest BCUT2D eigenvalue weighted by atomic mass is 10.2. The fourth-order valence-corrected chi connectivity index (χ4v) is 3.00. The summed E-state index contributed by atoms with van der Waals surface area (Å²) in [5.74, 6) is 7.16. The van der Waals surface area contributed by atoms with E-state index in [1.807, 2.05) is 13.8 Å². The Morgan fingerprint density at radius 3 is 2.62 bits per heavy atom. The number of nitrogens with one attached hydrogen (secondary N) is 1. The predicted molar refractivity (Wildman–Crippen MR) is 96.2 cm³/mol. The van der Waals surface area contributed by atoms with Crippen molar-refractivity contribution in [3.05, 3.63) is 29.0 Å². The van der Waals surface area contributed by atoms with Gasteiger partial charge in [-0.1, -0.05) is 37.2 Å². The molecule has 0 spiro atoms. The monoisotopic (exact) mass is 369 g/mol. The molecule has 0 aliphatic carbocycles. The Morgan fingerprint density at radius 1 is 1.38 bits per heavy atom. The van der Waals surface area contributed by atoms with Crippen LogP contribution < -0.4 is 15.9 Å². The van der Waals surface area contributed by atoms with Gasteiger partial charge in [0, 0.05) is 11.6 Å². The molecule has 9 heteroatoms. The molecule has 0 aliphatic heterocycles. The molecule has 1 heterocycles. The fourth-order valence-electron chi connectivity index (χ4n) is 1.96. The third kappa shape index (κ3) is 4.12. The number of nitrogens with two attached hydrogens (primary N) is 1. The number of hydrogen-bond acceptors (Lipinski definition) is 6. The largest absolute Gasteiger partial charge is 0.495 e. The number of thioether (sulfide) groups is 1. The average Bonchev–Trinajstić information content (AvgIpc) is 2.88. The Bertz CT molecular complexity index is 735. The lowest BCUT2D eigenvalue weighted by molar-refractivity contribution is -0.115. The molecule has 0 radical (unpaired) electrons. The molecule has 1 aromatic heterocycles. The summed E-state index contributed by atoms with van der Waals surface area (Å²) in [5.41, 5.74) is 0.593. The zero-order chi connectivity index (χ0) is 17.9. The number of hydrogen-bond donors (Lipinski definition) is 2. The molecule has 3 N–H and O–H groups in total. The summed E-state index contributed by atoms with van der Waals surface area (Å²) in [6, 6.07) is 5.06. The molecular formula is C15H20ClN5O2S. The van der Waals surface area contributed by atoms with Crippen LogP contribution in [0.5, 0.6) is 5.75 Å². The van der Waals surface area contributed by atoms with Crippen LogP contribution in [0.1, 0.15) is 32.5 Å². The van der Waals surface area contributed by atoms with Crippen LogP contribution in [0.25, 0.3) is 0 Å². The van der Waals surface area contributed by atoms with Crippen LogP contribution in [0, 0.1) is 0 Å². The van der Waals surface area contributed by atoms with Gasteiger partial charge in [0.2, 0.25) is 11.1 Å². The number of amides is 1. The van der Waals surface area contributed by atoms with Crippen LogP contribution in [-0.4, -0.2) is 33.1 Å². The van der Waals surface area contributed by atoms with Crippen molar-refractivity contribution in [2.75, 3.05) is 18.3 Å². The first kappa shape index (κ1) is 18.4. The van der Waals surface area contributed by atoms with E-state index >= 15 is 0 Å². The molecule has 0 saturated heterocycles. The van der Waals surface area contributed by atoms with Crippen molar-refractivity contribution in [1.82, 2.24) is 14.9 Å². The summed E-state index contributed by atoms with van der Waals surface area (Å²) in [5, 5.41) is 11.4. The quantitative estimate of drug-likeness (QED) is 0.600. The van der Waals surface area contributed by atoms with Gasteiger partial charge in [0.15, 0.2) is 5.82 Å². The number of anilines is 1. The maximum Gasteiger partial charge on any atom is 0.237 e. The van der Waals surface area contributed by atoms with Crippen molar-refractivity contribution >= 4 is 35.0 Å². The molecule has 24 heavy (non-hydrogen) atoms. The number of methoxy groups -OCH3 is 1. The molecule has 2 aromatic rings. The number of benzene rings is 1. The second-order valence-electron chi connectivity index (χ2n) is 5.46. The molecule has 0 fully saturated rings. The lowest BCUT2D eigenvalue weighted by Crippen LogP contribution is -2.24. The van der Waals surface area contributed by atoms with Crippen LogP contribution in [-0.2, 0) is 4.79 Å². The second kappa shape index (κ2) is 7.76. The third-order valence-electron chi connectivity index (χ3n) is 3.28. The van der Waals surface area contributed by atoms with E-state index in [9.17, 15) is 4.79 Å². The van der Waals surface area contributed by atoms with Gasteiger partial charge in [-0.3, -0.25) is 4.79 Å². The summed E-state index contributed by atoms with van der Waals surface area (Å²) in [7, 11) is 1.53. The Kier molecular flexibility index (Phi) is 5.95. The van der Waals surface area contributed by atoms with Crippen LogP contribution >= 0.6 is 23.4 Å². The molecule has 0 bridgehead atoms. The van der Waals surface area contributed by atoms with E-state index in [1.165, 1.54) is 23.5 Å². The summed E-state index contributed by atoms with van der Waals surface area (Å²) in [6.45, 7) is 5.73. The zero-order valence-electron chi connectivity index (χ0n) is 13.9. The Balaban J connectivity index is 2.03. The number of carbonyl (C=O) groups excluding carboxylic acids is 1. The highest BCUT2D eigenvalue weighted by Gasteiger charge is 2.20. The number of ether oxygens (including phenoxy) is 1. The van der Waals surface area contributed by atoms with E-state index in [-0.39, 0.29) is 11.8 Å². The smallest absolute Gasteiger partial charge is 0.237 e. The van der Waals surface area contributed by atoms with Crippen LogP contribution in [0.4, 0.5) is 5.69 Å². The van der Waals surface area contributed by atoms with Crippen molar-refractivity contribution in [3.8, 4) is 5.75 Å². The van der Waals surface area contributed by atoms with Gasteiger partial charge in [-0.2, -0.15) is 0 Å². The number of rotatable bonds is 6. The van der Waals surface area contributed by atoms with E-state index in [4.69, 9.17) is 22.2 Å². The highest BCUT2D eigenvalue weighted by atomic mass is 35.5. The second-order valence-corrected chi connectivity index (χ2v) is 7.18. The number of nitrogens with zero attached hydrogens (tertiary/aromatic N) is 3. The SMILES string of the molecule is COc1ccc(NC(=O)[C@@H](C)Sc2nnc(C(C)C)n2N)cc1Cl. The minimum absolute atomic E-state index is 0.155. The van der Waals surface area contributed by atoms with Crippen LogP contribution in [0.2, 0.25) is 5.02 Å². The number of halogens is 1. The maximum absolute atomic E-state index is 12.3. The molecule has 0 saturated carbocycles. The van der Waals surface area contributed by atoms with Gasteiger partial charge in [-0.05, 0) is 25.1 Å². The van der Waals surface area contributed by atoms with E-state index in [1.54, 1.807) is 25.1 Å². The highest BCUT2D eigenvalue weighted by Crippen LogP contribution is 2.28. The normalized spacial score (nSPS) is 12.2. The lowest BCUT2D eigenvalue weighted by Gasteiger charge is -2.13. The zero-order valence-corrected chi connectivity index (χ0v) is 15.5. The molecule has 7 nitrogen and oxygen atoms in total. The molecule has 130 valence electrons. The maximum atomic E-state index is 12.3. The van der Waals surface area contributed by atoms with Gasteiger partial charge in [-0.25, -0.2) is 4.68 Å². The number of aromatic nitrogens is 3. The standard InChI is InChI=1S/C15H20ClN5O2S/c1-8(2)13-19-20-15(21(13)17)24-9(3)14(22)18-10-5-6-12(23-4)11(16)7-10/h5-9H,17H2,1-4H3,(H,18,22)/t9-/m1/s1. The Labute approximate surface area is 149 Å². The van der Waals surface area contributed by atoms with Gasteiger partial charge in [0.1, 0.15) is 5.75 Å². The molecule has 0 unspecified atom stereocenters. The van der Waals surface area contributed by atoms with Crippen LogP contribution in [0.15, 0.2) is 23.4 Å². The van der Waals surface area contributed by atoms with Crippen LogP contribution in [0.3, 0.4) is 0 Å².